The molecular weight excluding hydrogens is 280 g/mol. The Morgan fingerprint density at radius 3 is 2.94 bits per heavy atom. The van der Waals surface area contributed by atoms with Crippen LogP contribution >= 0.6 is 15.9 Å². The zero-order valence-electron chi connectivity index (χ0n) is 9.32. The Labute approximate surface area is 108 Å². The molecule has 0 amide bonds. The van der Waals surface area contributed by atoms with Gasteiger partial charge in [0.25, 0.3) is 0 Å². The Morgan fingerprint density at radius 1 is 1.29 bits per heavy atom. The van der Waals surface area contributed by atoms with Gasteiger partial charge >= 0.3 is 0 Å². The third kappa shape index (κ3) is 2.03. The molecule has 0 saturated carbocycles. The highest BCUT2D eigenvalue weighted by Gasteiger charge is 2.24. The van der Waals surface area contributed by atoms with Gasteiger partial charge in [0.15, 0.2) is 0 Å². The van der Waals surface area contributed by atoms with Gasteiger partial charge in [-0.15, -0.1) is 0 Å². The van der Waals surface area contributed by atoms with Crippen LogP contribution in [-0.4, -0.2) is 18.2 Å². The second-order valence-electron chi connectivity index (χ2n) is 4.27. The van der Waals surface area contributed by atoms with Gasteiger partial charge in [0.05, 0.1) is 6.20 Å². The minimum absolute atomic E-state index is 0.444. The first kappa shape index (κ1) is 11.0. The first-order chi connectivity index (χ1) is 8.36. The lowest BCUT2D eigenvalue weighted by Gasteiger charge is -2.08. The lowest BCUT2D eigenvalue weighted by molar-refractivity contribution is 0.366. The molecule has 1 aliphatic heterocycles. The van der Waals surface area contributed by atoms with Crippen LogP contribution in [0.15, 0.2) is 39.5 Å². The third-order valence-corrected chi connectivity index (χ3v) is 3.88. The quantitative estimate of drug-likeness (QED) is 0.924. The highest BCUT2D eigenvalue weighted by Crippen LogP contribution is 2.35. The SMILES string of the molecule is Brc1ccccc1-c1cnoc1C1CCNC1. The van der Waals surface area contributed by atoms with Crippen molar-refractivity contribution < 1.29 is 4.52 Å². The summed E-state index contributed by atoms with van der Waals surface area (Å²) in [6.07, 6.45) is 2.93. The average molecular weight is 293 g/mol. The highest BCUT2D eigenvalue weighted by molar-refractivity contribution is 9.10. The summed E-state index contributed by atoms with van der Waals surface area (Å²) in [5, 5.41) is 7.32. The van der Waals surface area contributed by atoms with E-state index in [0.717, 1.165) is 40.9 Å². The van der Waals surface area contributed by atoms with Crippen LogP contribution in [0.4, 0.5) is 0 Å². The monoisotopic (exact) mass is 292 g/mol. The predicted octanol–water partition coefficient (Wildman–Crippen LogP) is 3.18. The van der Waals surface area contributed by atoms with E-state index in [1.54, 1.807) is 0 Å². The van der Waals surface area contributed by atoms with E-state index in [1.165, 1.54) is 0 Å². The topological polar surface area (TPSA) is 38.1 Å². The van der Waals surface area contributed by atoms with Gasteiger partial charge in [0.1, 0.15) is 5.76 Å². The first-order valence-electron chi connectivity index (χ1n) is 5.76. The maximum Gasteiger partial charge on any atom is 0.148 e. The van der Waals surface area contributed by atoms with E-state index in [-0.39, 0.29) is 0 Å². The van der Waals surface area contributed by atoms with E-state index in [9.17, 15) is 0 Å². The van der Waals surface area contributed by atoms with E-state index in [0.29, 0.717) is 5.92 Å². The van der Waals surface area contributed by atoms with Gasteiger partial charge in [-0.3, -0.25) is 0 Å². The first-order valence-corrected chi connectivity index (χ1v) is 6.56. The van der Waals surface area contributed by atoms with Crippen molar-refractivity contribution in [1.82, 2.24) is 10.5 Å². The van der Waals surface area contributed by atoms with Crippen molar-refractivity contribution in [1.29, 1.82) is 0 Å². The molecule has 1 aromatic carbocycles. The Hall–Kier alpha value is -1.13. The third-order valence-electron chi connectivity index (χ3n) is 3.19. The number of halogens is 1. The molecule has 3 rings (SSSR count). The van der Waals surface area contributed by atoms with Crippen LogP contribution in [0.25, 0.3) is 11.1 Å². The maximum absolute atomic E-state index is 5.45. The number of nitrogens with zero attached hydrogens (tertiary/aromatic N) is 1. The fourth-order valence-electron chi connectivity index (χ4n) is 2.30. The molecule has 1 fully saturated rings. The Morgan fingerprint density at radius 2 is 2.18 bits per heavy atom. The van der Waals surface area contributed by atoms with E-state index in [1.807, 2.05) is 24.4 Å². The minimum atomic E-state index is 0.444. The fourth-order valence-corrected chi connectivity index (χ4v) is 2.80. The largest absolute Gasteiger partial charge is 0.360 e. The summed E-state index contributed by atoms with van der Waals surface area (Å²) in [4.78, 5) is 0. The normalized spacial score (nSPS) is 19.7. The van der Waals surface area contributed by atoms with Gasteiger partial charge in [-0.2, -0.15) is 0 Å². The smallest absolute Gasteiger partial charge is 0.148 e. The lowest BCUT2D eigenvalue weighted by atomic mass is 9.98. The maximum atomic E-state index is 5.45. The van der Waals surface area contributed by atoms with Gasteiger partial charge in [-0.25, -0.2) is 0 Å². The summed E-state index contributed by atoms with van der Waals surface area (Å²) >= 11 is 3.58. The van der Waals surface area contributed by atoms with Gasteiger partial charge in [-0.1, -0.05) is 39.3 Å². The van der Waals surface area contributed by atoms with Crippen LogP contribution in [0, 0.1) is 0 Å². The van der Waals surface area contributed by atoms with Crippen molar-refractivity contribution >= 4 is 15.9 Å². The Kier molecular flexibility index (Phi) is 2.99. The van der Waals surface area contributed by atoms with Gasteiger partial charge < -0.3 is 9.84 Å². The van der Waals surface area contributed by atoms with Crippen LogP contribution < -0.4 is 5.32 Å². The van der Waals surface area contributed by atoms with Gasteiger partial charge in [0.2, 0.25) is 0 Å². The zero-order valence-corrected chi connectivity index (χ0v) is 10.9. The summed E-state index contributed by atoms with van der Waals surface area (Å²) in [5.74, 6) is 1.45. The van der Waals surface area contributed by atoms with Crippen molar-refractivity contribution in [3.63, 3.8) is 0 Å². The summed E-state index contributed by atoms with van der Waals surface area (Å²) < 4.78 is 6.53. The predicted molar refractivity (Wildman–Crippen MR) is 69.9 cm³/mol. The molecule has 0 spiro atoms. The fraction of sp³-hybridized carbons (Fsp3) is 0.308. The summed E-state index contributed by atoms with van der Waals surface area (Å²) in [6, 6.07) is 8.17. The lowest BCUT2D eigenvalue weighted by Crippen LogP contribution is -2.08. The van der Waals surface area contributed by atoms with Gasteiger partial charge in [0, 0.05) is 28.1 Å². The highest BCUT2D eigenvalue weighted by atomic mass is 79.9. The number of aromatic nitrogens is 1. The molecule has 4 heteroatoms. The molecule has 1 unspecified atom stereocenters. The molecule has 2 heterocycles. The van der Waals surface area contributed by atoms with Gasteiger partial charge in [-0.05, 0) is 19.0 Å². The van der Waals surface area contributed by atoms with Crippen LogP contribution in [0.1, 0.15) is 18.1 Å². The molecule has 1 N–H and O–H groups in total. The molecule has 17 heavy (non-hydrogen) atoms. The number of hydrogen-bond acceptors (Lipinski definition) is 3. The van der Waals surface area contributed by atoms with Crippen molar-refractivity contribution in [3.05, 3.63) is 40.7 Å². The van der Waals surface area contributed by atoms with Crippen LogP contribution in [0.2, 0.25) is 0 Å². The number of hydrogen-bond donors (Lipinski definition) is 1. The Balaban J connectivity index is 2.04. The summed E-state index contributed by atoms with van der Waals surface area (Å²) in [7, 11) is 0. The molecule has 1 aromatic heterocycles. The molecule has 0 radical (unpaired) electrons. The van der Waals surface area contributed by atoms with E-state index < -0.39 is 0 Å². The number of nitrogens with one attached hydrogen (secondary N) is 1. The second kappa shape index (κ2) is 4.63. The molecule has 3 nitrogen and oxygen atoms in total. The zero-order chi connectivity index (χ0) is 11.7. The minimum Gasteiger partial charge on any atom is -0.360 e. The Bertz CT molecular complexity index is 518. The van der Waals surface area contributed by atoms with Crippen molar-refractivity contribution in [2.75, 3.05) is 13.1 Å². The molecular formula is C13H13BrN2O. The molecule has 0 aliphatic carbocycles. The molecule has 1 saturated heterocycles. The van der Waals surface area contributed by atoms with E-state index >= 15 is 0 Å². The van der Waals surface area contributed by atoms with Crippen LogP contribution in [-0.2, 0) is 0 Å². The number of rotatable bonds is 2. The summed E-state index contributed by atoms with van der Waals surface area (Å²) in [5.41, 5.74) is 2.25. The molecule has 1 atom stereocenters. The molecule has 2 aromatic rings. The van der Waals surface area contributed by atoms with E-state index in [4.69, 9.17) is 4.52 Å². The summed E-state index contributed by atoms with van der Waals surface area (Å²) in [6.45, 7) is 2.04. The molecule has 1 aliphatic rings. The standard InChI is InChI=1S/C13H13BrN2O/c14-12-4-2-1-3-10(12)11-8-16-17-13(11)9-5-6-15-7-9/h1-4,8-9,15H,5-7H2. The van der Waals surface area contributed by atoms with Crippen molar-refractivity contribution in [2.45, 2.75) is 12.3 Å². The van der Waals surface area contributed by atoms with E-state index in [2.05, 4.69) is 32.5 Å². The number of benzene rings is 1. The molecule has 88 valence electrons. The second-order valence-corrected chi connectivity index (χ2v) is 5.13. The van der Waals surface area contributed by atoms with Crippen molar-refractivity contribution in [3.8, 4) is 11.1 Å². The van der Waals surface area contributed by atoms with Crippen LogP contribution in [0.3, 0.4) is 0 Å². The molecule has 0 bridgehead atoms. The van der Waals surface area contributed by atoms with Crippen molar-refractivity contribution in [2.24, 2.45) is 0 Å². The van der Waals surface area contributed by atoms with Crippen LogP contribution in [0.5, 0.6) is 0 Å². The average Bonchev–Trinajstić information content (AvgIpc) is 3.00.